The third kappa shape index (κ3) is 4.76. The lowest BCUT2D eigenvalue weighted by atomic mass is 10.1. The fourth-order valence-corrected chi connectivity index (χ4v) is 3.27. The van der Waals surface area contributed by atoms with Gasteiger partial charge in [-0.25, -0.2) is 0 Å². The molecule has 0 aromatic heterocycles. The largest absolute Gasteiger partial charge is 0.350 e. The van der Waals surface area contributed by atoms with E-state index in [0.717, 1.165) is 5.56 Å². The summed E-state index contributed by atoms with van der Waals surface area (Å²) in [6.45, 7) is 4.63. The van der Waals surface area contributed by atoms with Gasteiger partial charge in [-0.2, -0.15) is 0 Å². The number of carbonyl (C=O) groups excluding carboxylic acids is 3. The molecule has 6 heteroatoms. The minimum atomic E-state index is -0.433. The summed E-state index contributed by atoms with van der Waals surface area (Å²) in [5.41, 5.74) is 1.90. The molecule has 1 aliphatic rings. The monoisotopic (exact) mass is 379 g/mol. The Morgan fingerprint density at radius 3 is 2.46 bits per heavy atom. The summed E-state index contributed by atoms with van der Waals surface area (Å²) in [6.07, 6.45) is 0.180. The van der Waals surface area contributed by atoms with Crippen molar-refractivity contribution in [1.29, 1.82) is 0 Å². The van der Waals surface area contributed by atoms with E-state index in [4.69, 9.17) is 0 Å². The van der Waals surface area contributed by atoms with Crippen LogP contribution in [0.5, 0.6) is 0 Å². The van der Waals surface area contributed by atoms with E-state index in [2.05, 4.69) is 10.6 Å². The van der Waals surface area contributed by atoms with Crippen LogP contribution in [0, 0.1) is 5.92 Å². The van der Waals surface area contributed by atoms with Crippen molar-refractivity contribution >= 4 is 23.4 Å². The second kappa shape index (κ2) is 8.69. The number of hydrogen-bond donors (Lipinski definition) is 2. The van der Waals surface area contributed by atoms with Crippen molar-refractivity contribution < 1.29 is 14.4 Å². The average molecular weight is 379 g/mol. The van der Waals surface area contributed by atoms with E-state index in [1.165, 1.54) is 0 Å². The molecule has 2 aromatic rings. The van der Waals surface area contributed by atoms with E-state index < -0.39 is 5.92 Å². The average Bonchev–Trinajstić information content (AvgIpc) is 3.03. The van der Waals surface area contributed by atoms with Crippen LogP contribution in [0.1, 0.15) is 36.2 Å². The lowest BCUT2D eigenvalue weighted by Crippen LogP contribution is -2.32. The van der Waals surface area contributed by atoms with E-state index in [1.807, 2.05) is 44.2 Å². The second-order valence-electron chi connectivity index (χ2n) is 7.32. The van der Waals surface area contributed by atoms with E-state index >= 15 is 0 Å². The molecular weight excluding hydrogens is 354 g/mol. The molecule has 2 aromatic carbocycles. The smallest absolute Gasteiger partial charge is 0.253 e. The van der Waals surface area contributed by atoms with Crippen LogP contribution in [0.4, 0.5) is 5.69 Å². The molecule has 1 heterocycles. The predicted molar refractivity (Wildman–Crippen MR) is 108 cm³/mol. The van der Waals surface area contributed by atoms with Crippen molar-refractivity contribution in [3.05, 3.63) is 65.7 Å². The zero-order chi connectivity index (χ0) is 20.1. The highest BCUT2D eigenvalue weighted by Crippen LogP contribution is 2.23. The maximum absolute atomic E-state index is 12.7. The number of benzene rings is 2. The van der Waals surface area contributed by atoms with E-state index in [-0.39, 0.29) is 30.2 Å². The van der Waals surface area contributed by atoms with Crippen LogP contribution >= 0.6 is 0 Å². The first-order valence-corrected chi connectivity index (χ1v) is 9.46. The Labute approximate surface area is 164 Å². The zero-order valence-corrected chi connectivity index (χ0v) is 16.1. The van der Waals surface area contributed by atoms with Gasteiger partial charge < -0.3 is 15.5 Å². The van der Waals surface area contributed by atoms with Gasteiger partial charge in [-0.05, 0) is 31.5 Å². The van der Waals surface area contributed by atoms with Gasteiger partial charge >= 0.3 is 0 Å². The molecule has 1 saturated heterocycles. The Hall–Kier alpha value is -3.15. The number of amides is 3. The van der Waals surface area contributed by atoms with Gasteiger partial charge in [0.15, 0.2) is 0 Å². The summed E-state index contributed by atoms with van der Waals surface area (Å²) in [5, 5.41) is 5.66. The predicted octanol–water partition coefficient (Wildman–Crippen LogP) is 2.81. The normalized spacial score (nSPS) is 16.3. The molecule has 28 heavy (non-hydrogen) atoms. The summed E-state index contributed by atoms with van der Waals surface area (Å²) in [7, 11) is 0. The second-order valence-corrected chi connectivity index (χ2v) is 7.32. The Balaban J connectivity index is 1.66. The van der Waals surface area contributed by atoms with Crippen LogP contribution in [0.2, 0.25) is 0 Å². The quantitative estimate of drug-likeness (QED) is 0.810. The van der Waals surface area contributed by atoms with Crippen molar-refractivity contribution in [2.24, 2.45) is 5.92 Å². The molecule has 3 amide bonds. The number of para-hydroxylation sites is 1. The van der Waals surface area contributed by atoms with E-state index in [1.54, 1.807) is 29.2 Å². The first kappa shape index (κ1) is 19.6. The SMILES string of the molecule is CC(C)NC(=O)c1ccccc1NC(=O)[C@@H]1CC(=O)N(Cc2ccccc2)C1. The van der Waals surface area contributed by atoms with Gasteiger partial charge in [0, 0.05) is 25.6 Å². The summed E-state index contributed by atoms with van der Waals surface area (Å²) in [5.74, 6) is -0.944. The highest BCUT2D eigenvalue weighted by atomic mass is 16.2. The number of nitrogens with zero attached hydrogens (tertiary/aromatic N) is 1. The standard InChI is InChI=1S/C22H25N3O3/c1-15(2)23-22(28)18-10-6-7-11-19(18)24-21(27)17-12-20(26)25(14-17)13-16-8-4-3-5-9-16/h3-11,15,17H,12-14H2,1-2H3,(H,23,28)(H,24,27)/t17-/m1/s1. The number of nitrogens with one attached hydrogen (secondary N) is 2. The summed E-state index contributed by atoms with van der Waals surface area (Å²) >= 11 is 0. The Bertz CT molecular complexity index is 864. The minimum absolute atomic E-state index is 0.00439. The highest BCUT2D eigenvalue weighted by Gasteiger charge is 2.34. The number of rotatable bonds is 6. The molecule has 0 radical (unpaired) electrons. The minimum Gasteiger partial charge on any atom is -0.350 e. The third-order valence-electron chi connectivity index (χ3n) is 4.65. The molecule has 6 nitrogen and oxygen atoms in total. The van der Waals surface area contributed by atoms with Crippen molar-refractivity contribution in [3.63, 3.8) is 0 Å². The molecular formula is C22H25N3O3. The van der Waals surface area contributed by atoms with Crippen molar-refractivity contribution in [2.45, 2.75) is 32.9 Å². The van der Waals surface area contributed by atoms with Crippen LogP contribution in [0.3, 0.4) is 0 Å². The molecule has 0 unspecified atom stereocenters. The van der Waals surface area contributed by atoms with Crippen molar-refractivity contribution in [1.82, 2.24) is 10.2 Å². The number of likely N-dealkylation sites (tertiary alicyclic amines) is 1. The van der Waals surface area contributed by atoms with Crippen LogP contribution in [-0.2, 0) is 16.1 Å². The number of carbonyl (C=O) groups is 3. The molecule has 0 bridgehead atoms. The van der Waals surface area contributed by atoms with Gasteiger partial charge in [0.05, 0.1) is 17.2 Å². The Morgan fingerprint density at radius 2 is 1.75 bits per heavy atom. The fraction of sp³-hybridized carbons (Fsp3) is 0.318. The van der Waals surface area contributed by atoms with Gasteiger partial charge in [-0.15, -0.1) is 0 Å². The van der Waals surface area contributed by atoms with Crippen LogP contribution < -0.4 is 10.6 Å². The van der Waals surface area contributed by atoms with Crippen LogP contribution in [0.15, 0.2) is 54.6 Å². The van der Waals surface area contributed by atoms with Gasteiger partial charge in [-0.1, -0.05) is 42.5 Å². The number of anilines is 1. The van der Waals surface area contributed by atoms with Gasteiger partial charge in [0.25, 0.3) is 5.91 Å². The van der Waals surface area contributed by atoms with E-state index in [0.29, 0.717) is 24.3 Å². The molecule has 0 spiro atoms. The number of hydrogen-bond acceptors (Lipinski definition) is 3. The third-order valence-corrected chi connectivity index (χ3v) is 4.65. The van der Waals surface area contributed by atoms with Crippen LogP contribution in [0.25, 0.3) is 0 Å². The topological polar surface area (TPSA) is 78.5 Å². The highest BCUT2D eigenvalue weighted by molar-refractivity contribution is 6.05. The van der Waals surface area contributed by atoms with Gasteiger partial charge in [0.2, 0.25) is 11.8 Å². The van der Waals surface area contributed by atoms with Crippen molar-refractivity contribution in [3.8, 4) is 0 Å². The van der Waals surface area contributed by atoms with Crippen molar-refractivity contribution in [2.75, 3.05) is 11.9 Å². The molecule has 3 rings (SSSR count). The molecule has 1 fully saturated rings. The first-order valence-electron chi connectivity index (χ1n) is 9.46. The molecule has 146 valence electrons. The maximum Gasteiger partial charge on any atom is 0.253 e. The summed E-state index contributed by atoms with van der Waals surface area (Å²) in [4.78, 5) is 39.1. The molecule has 0 aliphatic carbocycles. The fourth-order valence-electron chi connectivity index (χ4n) is 3.27. The van der Waals surface area contributed by atoms with Crippen LogP contribution in [-0.4, -0.2) is 35.2 Å². The molecule has 0 saturated carbocycles. The van der Waals surface area contributed by atoms with Gasteiger partial charge in [-0.3, -0.25) is 14.4 Å². The molecule has 1 aliphatic heterocycles. The zero-order valence-electron chi connectivity index (χ0n) is 16.1. The Morgan fingerprint density at radius 1 is 1.07 bits per heavy atom. The summed E-state index contributed by atoms with van der Waals surface area (Å²) < 4.78 is 0. The summed E-state index contributed by atoms with van der Waals surface area (Å²) in [6, 6.07) is 16.6. The molecule has 2 N–H and O–H groups in total. The maximum atomic E-state index is 12.7. The lowest BCUT2D eigenvalue weighted by molar-refractivity contribution is -0.128. The lowest BCUT2D eigenvalue weighted by Gasteiger charge is -2.17. The Kier molecular flexibility index (Phi) is 6.09. The van der Waals surface area contributed by atoms with E-state index in [9.17, 15) is 14.4 Å². The molecule has 1 atom stereocenters. The first-order chi connectivity index (χ1) is 13.4. The van der Waals surface area contributed by atoms with Gasteiger partial charge in [0.1, 0.15) is 0 Å².